The summed E-state index contributed by atoms with van der Waals surface area (Å²) in [5.74, 6) is 1.05. The summed E-state index contributed by atoms with van der Waals surface area (Å²) in [5.41, 5.74) is 2.08. The molecule has 3 heteroatoms. The lowest BCUT2D eigenvalue weighted by Crippen LogP contribution is -2.36. The Morgan fingerprint density at radius 3 is 2.38 bits per heavy atom. The molecule has 0 N–H and O–H groups in total. The van der Waals surface area contributed by atoms with Gasteiger partial charge in [-0.1, -0.05) is 48.0 Å². The van der Waals surface area contributed by atoms with E-state index in [1.165, 1.54) is 24.8 Å². The predicted octanol–water partition coefficient (Wildman–Crippen LogP) is 4.90. The third-order valence-electron chi connectivity index (χ3n) is 3.73. The molecular weight excluding hydrogens is 280 g/mol. The summed E-state index contributed by atoms with van der Waals surface area (Å²) < 4.78 is 0. The standard InChI is InChI=1S/C18H19ClN2/c19-16-10-7-11-17(14-16)20-18(15-8-3-1-4-9-15)21-12-5-2-6-13-21/h1,3-4,7-11,14H,2,5-6,12-13H2. The second kappa shape index (κ2) is 6.77. The number of piperidine rings is 1. The van der Waals surface area contributed by atoms with Gasteiger partial charge in [0.1, 0.15) is 5.84 Å². The van der Waals surface area contributed by atoms with Crippen molar-refractivity contribution in [3.05, 3.63) is 65.2 Å². The lowest BCUT2D eigenvalue weighted by Gasteiger charge is -2.30. The van der Waals surface area contributed by atoms with Crippen molar-refractivity contribution in [2.75, 3.05) is 13.1 Å². The molecule has 0 radical (unpaired) electrons. The first-order valence-corrected chi connectivity index (χ1v) is 7.85. The SMILES string of the molecule is Clc1cccc(N=C(c2ccccc2)N2CCCCC2)c1. The number of nitrogens with zero attached hydrogens (tertiary/aromatic N) is 2. The van der Waals surface area contributed by atoms with E-state index in [-0.39, 0.29) is 0 Å². The molecule has 1 fully saturated rings. The molecule has 0 atom stereocenters. The van der Waals surface area contributed by atoms with Gasteiger partial charge in [-0.15, -0.1) is 0 Å². The first-order valence-electron chi connectivity index (χ1n) is 7.47. The summed E-state index contributed by atoms with van der Waals surface area (Å²) in [7, 11) is 0. The summed E-state index contributed by atoms with van der Waals surface area (Å²) in [4.78, 5) is 7.26. The lowest BCUT2D eigenvalue weighted by atomic mass is 10.1. The molecule has 0 amide bonds. The van der Waals surface area contributed by atoms with Gasteiger partial charge in [-0.2, -0.15) is 0 Å². The average Bonchev–Trinajstić information content (AvgIpc) is 2.54. The van der Waals surface area contributed by atoms with Crippen molar-refractivity contribution >= 4 is 23.1 Å². The molecule has 1 aliphatic heterocycles. The molecule has 0 aliphatic carbocycles. The fourth-order valence-corrected chi connectivity index (χ4v) is 2.86. The van der Waals surface area contributed by atoms with Crippen molar-refractivity contribution < 1.29 is 0 Å². The van der Waals surface area contributed by atoms with Gasteiger partial charge in [-0.3, -0.25) is 0 Å². The van der Waals surface area contributed by atoms with Gasteiger partial charge in [-0.25, -0.2) is 4.99 Å². The Balaban J connectivity index is 1.99. The predicted molar refractivity (Wildman–Crippen MR) is 89.5 cm³/mol. The van der Waals surface area contributed by atoms with Crippen LogP contribution in [0.2, 0.25) is 5.02 Å². The Hall–Kier alpha value is -1.80. The Morgan fingerprint density at radius 2 is 1.67 bits per heavy atom. The number of likely N-dealkylation sites (tertiary alicyclic amines) is 1. The van der Waals surface area contributed by atoms with Crippen LogP contribution in [-0.4, -0.2) is 23.8 Å². The fourth-order valence-electron chi connectivity index (χ4n) is 2.68. The van der Waals surface area contributed by atoms with Crippen molar-refractivity contribution in [2.45, 2.75) is 19.3 Å². The van der Waals surface area contributed by atoms with Crippen LogP contribution < -0.4 is 0 Å². The first-order chi connectivity index (χ1) is 10.3. The molecule has 0 spiro atoms. The van der Waals surface area contributed by atoms with Crippen molar-refractivity contribution in [2.24, 2.45) is 4.99 Å². The smallest absolute Gasteiger partial charge is 0.136 e. The summed E-state index contributed by atoms with van der Waals surface area (Å²) >= 11 is 6.08. The van der Waals surface area contributed by atoms with Crippen LogP contribution in [0.4, 0.5) is 5.69 Å². The van der Waals surface area contributed by atoms with Gasteiger partial charge in [0.25, 0.3) is 0 Å². The van der Waals surface area contributed by atoms with E-state index in [0.717, 1.165) is 29.6 Å². The molecule has 0 aromatic heterocycles. The van der Waals surface area contributed by atoms with Gasteiger partial charge >= 0.3 is 0 Å². The van der Waals surface area contributed by atoms with Gasteiger partial charge < -0.3 is 4.90 Å². The lowest BCUT2D eigenvalue weighted by molar-refractivity contribution is 0.343. The van der Waals surface area contributed by atoms with E-state index in [2.05, 4.69) is 29.2 Å². The van der Waals surface area contributed by atoms with E-state index in [1.54, 1.807) is 0 Å². The maximum Gasteiger partial charge on any atom is 0.136 e. The van der Waals surface area contributed by atoms with Gasteiger partial charge in [0.2, 0.25) is 0 Å². The number of halogens is 1. The molecule has 108 valence electrons. The second-order valence-corrected chi connectivity index (χ2v) is 5.77. The van der Waals surface area contributed by atoms with Crippen LogP contribution in [0.15, 0.2) is 59.6 Å². The highest BCUT2D eigenvalue weighted by Gasteiger charge is 2.16. The fraction of sp³-hybridized carbons (Fsp3) is 0.278. The zero-order chi connectivity index (χ0) is 14.5. The van der Waals surface area contributed by atoms with E-state index in [0.29, 0.717) is 0 Å². The normalized spacial score (nSPS) is 16.0. The monoisotopic (exact) mass is 298 g/mol. The molecule has 0 unspecified atom stereocenters. The zero-order valence-electron chi connectivity index (χ0n) is 12.0. The number of rotatable bonds is 2. The summed E-state index contributed by atoms with van der Waals surface area (Å²) in [5, 5.41) is 0.724. The number of aliphatic imine (C=N–C) groups is 1. The molecule has 3 rings (SSSR count). The molecule has 1 heterocycles. The van der Waals surface area contributed by atoms with Gasteiger partial charge in [0.15, 0.2) is 0 Å². The molecule has 2 aromatic carbocycles. The molecule has 0 bridgehead atoms. The zero-order valence-corrected chi connectivity index (χ0v) is 12.8. The van der Waals surface area contributed by atoms with Crippen molar-refractivity contribution in [1.82, 2.24) is 4.90 Å². The topological polar surface area (TPSA) is 15.6 Å². The van der Waals surface area contributed by atoms with Crippen LogP contribution in [0.5, 0.6) is 0 Å². The molecule has 2 aromatic rings. The van der Waals surface area contributed by atoms with Crippen LogP contribution >= 0.6 is 11.6 Å². The number of amidine groups is 1. The van der Waals surface area contributed by atoms with Crippen LogP contribution in [-0.2, 0) is 0 Å². The van der Waals surface area contributed by atoms with E-state index in [1.807, 2.05) is 30.3 Å². The minimum Gasteiger partial charge on any atom is -0.356 e. The third-order valence-corrected chi connectivity index (χ3v) is 3.97. The molecular formula is C18H19ClN2. The van der Waals surface area contributed by atoms with E-state index < -0.39 is 0 Å². The summed E-state index contributed by atoms with van der Waals surface area (Å²) in [6.07, 6.45) is 3.79. The van der Waals surface area contributed by atoms with Crippen LogP contribution in [0.25, 0.3) is 0 Å². The minimum absolute atomic E-state index is 0.724. The highest BCUT2D eigenvalue weighted by atomic mass is 35.5. The quantitative estimate of drug-likeness (QED) is 0.568. The highest BCUT2D eigenvalue weighted by molar-refractivity contribution is 6.30. The van der Waals surface area contributed by atoms with Gasteiger partial charge in [0, 0.05) is 23.7 Å². The summed E-state index contributed by atoms with van der Waals surface area (Å²) in [6, 6.07) is 18.1. The number of hydrogen-bond donors (Lipinski definition) is 0. The molecule has 1 aliphatic rings. The Morgan fingerprint density at radius 1 is 0.905 bits per heavy atom. The highest BCUT2D eigenvalue weighted by Crippen LogP contribution is 2.21. The Kier molecular flexibility index (Phi) is 4.56. The molecule has 0 saturated carbocycles. The Bertz CT molecular complexity index is 616. The van der Waals surface area contributed by atoms with Gasteiger partial charge in [0.05, 0.1) is 5.69 Å². The maximum absolute atomic E-state index is 6.08. The number of benzene rings is 2. The Labute approximate surface area is 131 Å². The maximum atomic E-state index is 6.08. The molecule has 1 saturated heterocycles. The second-order valence-electron chi connectivity index (χ2n) is 5.33. The van der Waals surface area contributed by atoms with Crippen molar-refractivity contribution in [3.8, 4) is 0 Å². The van der Waals surface area contributed by atoms with Crippen molar-refractivity contribution in [1.29, 1.82) is 0 Å². The number of hydrogen-bond acceptors (Lipinski definition) is 1. The van der Waals surface area contributed by atoms with E-state index in [4.69, 9.17) is 16.6 Å². The van der Waals surface area contributed by atoms with E-state index in [9.17, 15) is 0 Å². The molecule has 21 heavy (non-hydrogen) atoms. The molecule has 2 nitrogen and oxygen atoms in total. The largest absolute Gasteiger partial charge is 0.356 e. The minimum atomic E-state index is 0.724. The van der Waals surface area contributed by atoms with Gasteiger partial charge in [-0.05, 0) is 37.5 Å². The summed E-state index contributed by atoms with van der Waals surface area (Å²) in [6.45, 7) is 2.16. The first kappa shape index (κ1) is 14.2. The van der Waals surface area contributed by atoms with Crippen LogP contribution in [0, 0.1) is 0 Å². The van der Waals surface area contributed by atoms with E-state index >= 15 is 0 Å². The average molecular weight is 299 g/mol. The van der Waals surface area contributed by atoms with Crippen LogP contribution in [0.3, 0.4) is 0 Å². The third kappa shape index (κ3) is 3.64. The van der Waals surface area contributed by atoms with Crippen LogP contribution in [0.1, 0.15) is 24.8 Å². The van der Waals surface area contributed by atoms with Crippen molar-refractivity contribution in [3.63, 3.8) is 0 Å².